The van der Waals surface area contributed by atoms with Gasteiger partial charge in [-0.05, 0) is 75.1 Å². The second-order valence-electron chi connectivity index (χ2n) is 9.15. The monoisotopic (exact) mass is 391 g/mol. The molecule has 1 amide bonds. The number of hydrogen-bond acceptors (Lipinski definition) is 5. The Morgan fingerprint density at radius 3 is 2.48 bits per heavy atom. The van der Waals surface area contributed by atoms with Crippen molar-refractivity contribution in [2.75, 3.05) is 0 Å². The maximum absolute atomic E-state index is 12.9. The van der Waals surface area contributed by atoms with Crippen LogP contribution in [0.2, 0.25) is 0 Å². The Balaban J connectivity index is 1.38. The molecule has 2 unspecified atom stereocenters. The molecule has 1 N–H and O–H groups in total. The molecule has 2 aromatic rings. The minimum atomic E-state index is -0.508. The van der Waals surface area contributed by atoms with E-state index in [0.717, 1.165) is 37.8 Å². The van der Waals surface area contributed by atoms with Crippen LogP contribution in [0.15, 0.2) is 42.6 Å². The van der Waals surface area contributed by atoms with Crippen molar-refractivity contribution in [2.24, 2.45) is 11.8 Å². The van der Waals surface area contributed by atoms with Crippen LogP contribution in [0.4, 0.5) is 0 Å². The molecule has 2 aromatic heterocycles. The Morgan fingerprint density at radius 2 is 1.79 bits per heavy atom. The highest BCUT2D eigenvalue weighted by molar-refractivity contribution is 5.93. The molecule has 4 aliphatic carbocycles. The molecule has 4 saturated carbocycles. The highest BCUT2D eigenvalue weighted by atomic mass is 16.6. The van der Waals surface area contributed by atoms with E-state index >= 15 is 0 Å². The molecule has 0 spiro atoms. The van der Waals surface area contributed by atoms with Crippen molar-refractivity contribution in [3.63, 3.8) is 0 Å². The molecule has 2 atom stereocenters. The smallest absolute Gasteiger partial charge is 0.357 e. The van der Waals surface area contributed by atoms with Crippen LogP contribution in [0.3, 0.4) is 0 Å². The number of pyridine rings is 2. The average Bonchev–Trinajstić information content (AvgIpc) is 2.67. The van der Waals surface area contributed by atoms with Gasteiger partial charge in [0.1, 0.15) is 17.0 Å². The van der Waals surface area contributed by atoms with Crippen molar-refractivity contribution in [1.29, 1.82) is 0 Å². The quantitative estimate of drug-likeness (QED) is 0.807. The lowest BCUT2D eigenvalue weighted by Crippen LogP contribution is -2.66. The number of esters is 1. The summed E-state index contributed by atoms with van der Waals surface area (Å²) in [4.78, 5) is 34.2. The first kappa shape index (κ1) is 18.3. The van der Waals surface area contributed by atoms with E-state index in [0.29, 0.717) is 29.6 Å². The van der Waals surface area contributed by atoms with Gasteiger partial charge < -0.3 is 10.1 Å². The van der Waals surface area contributed by atoms with E-state index in [-0.39, 0.29) is 17.4 Å². The van der Waals surface area contributed by atoms with Gasteiger partial charge in [0.05, 0.1) is 0 Å². The molecule has 0 radical (unpaired) electrons. The molecule has 0 aromatic carbocycles. The number of aromatic nitrogens is 2. The summed E-state index contributed by atoms with van der Waals surface area (Å²) < 4.78 is 6.10. The topological polar surface area (TPSA) is 81.2 Å². The fourth-order valence-corrected chi connectivity index (χ4v) is 6.15. The minimum Gasteiger partial charge on any atom is -0.454 e. The summed E-state index contributed by atoms with van der Waals surface area (Å²) in [5.74, 6) is 0.438. The predicted molar refractivity (Wildman–Crippen MR) is 106 cm³/mol. The molecule has 150 valence electrons. The molecule has 29 heavy (non-hydrogen) atoms. The van der Waals surface area contributed by atoms with Crippen LogP contribution in [0, 0.1) is 18.8 Å². The number of nitrogens with zero attached hydrogens (tertiary/aromatic N) is 2. The van der Waals surface area contributed by atoms with Crippen LogP contribution < -0.4 is 5.32 Å². The van der Waals surface area contributed by atoms with Crippen LogP contribution >= 0.6 is 0 Å². The summed E-state index contributed by atoms with van der Waals surface area (Å²) in [6, 6.07) is 10.7. The summed E-state index contributed by atoms with van der Waals surface area (Å²) >= 11 is 0. The number of amides is 1. The predicted octanol–water partition coefficient (Wildman–Crippen LogP) is 3.46. The lowest BCUT2D eigenvalue weighted by atomic mass is 9.51. The van der Waals surface area contributed by atoms with E-state index in [1.165, 1.54) is 0 Å². The largest absolute Gasteiger partial charge is 0.454 e. The lowest BCUT2D eigenvalue weighted by Gasteiger charge is -2.61. The van der Waals surface area contributed by atoms with E-state index in [2.05, 4.69) is 15.3 Å². The number of carbonyl (C=O) groups is 2. The highest BCUT2D eigenvalue weighted by Crippen LogP contribution is 2.59. The number of rotatable bonds is 4. The Bertz CT molecular complexity index is 945. The number of carbonyl (C=O) groups excluding carboxylic acids is 2. The van der Waals surface area contributed by atoms with Crippen LogP contribution in [-0.2, 0) is 4.74 Å². The first-order valence-corrected chi connectivity index (χ1v) is 10.3. The molecule has 6 heteroatoms. The summed E-state index contributed by atoms with van der Waals surface area (Å²) in [6.45, 7) is 1.88. The van der Waals surface area contributed by atoms with E-state index < -0.39 is 5.60 Å². The summed E-state index contributed by atoms with van der Waals surface area (Å²) in [5, 5.41) is 3.30. The molecule has 6 rings (SSSR count). The molecule has 0 saturated heterocycles. The van der Waals surface area contributed by atoms with Gasteiger partial charge in [-0.1, -0.05) is 12.1 Å². The van der Waals surface area contributed by atoms with E-state index in [4.69, 9.17) is 4.74 Å². The fourth-order valence-electron chi connectivity index (χ4n) is 6.15. The molecular weight excluding hydrogens is 366 g/mol. The van der Waals surface area contributed by atoms with Gasteiger partial charge in [0.2, 0.25) is 0 Å². The molecule has 2 heterocycles. The number of aryl methyl sites for hydroxylation is 1. The van der Waals surface area contributed by atoms with E-state index in [9.17, 15) is 9.59 Å². The Morgan fingerprint density at radius 1 is 1.03 bits per heavy atom. The average molecular weight is 391 g/mol. The van der Waals surface area contributed by atoms with E-state index in [1.807, 2.05) is 19.1 Å². The molecule has 4 bridgehead atoms. The van der Waals surface area contributed by atoms with Gasteiger partial charge in [0.15, 0.2) is 0 Å². The van der Waals surface area contributed by atoms with Gasteiger partial charge in [-0.15, -0.1) is 0 Å². The second kappa shape index (κ2) is 6.65. The van der Waals surface area contributed by atoms with Gasteiger partial charge in [-0.3, -0.25) is 4.79 Å². The maximum atomic E-state index is 12.9. The van der Waals surface area contributed by atoms with Crippen LogP contribution in [-0.4, -0.2) is 33.0 Å². The van der Waals surface area contributed by atoms with Crippen molar-refractivity contribution < 1.29 is 14.3 Å². The summed E-state index contributed by atoms with van der Waals surface area (Å²) in [5.41, 5.74) is 0.776. The van der Waals surface area contributed by atoms with Crippen LogP contribution in [0.1, 0.15) is 65.2 Å². The molecule has 6 nitrogen and oxygen atoms in total. The third-order valence-corrected chi connectivity index (χ3v) is 6.69. The SMILES string of the molecule is Cc1cccc(C(=O)NC23CC4CC(C2)CC(OC(=O)c2ccccn2)(C4)C3)n1. The van der Waals surface area contributed by atoms with Crippen molar-refractivity contribution in [2.45, 2.75) is 56.6 Å². The zero-order valence-corrected chi connectivity index (χ0v) is 16.6. The van der Waals surface area contributed by atoms with Crippen molar-refractivity contribution in [1.82, 2.24) is 15.3 Å². The Labute approximate surface area is 170 Å². The number of nitrogens with one attached hydrogen (secondary N) is 1. The summed E-state index contributed by atoms with van der Waals surface area (Å²) in [6.07, 6.45) is 7.08. The Kier molecular flexibility index (Phi) is 4.19. The second-order valence-corrected chi connectivity index (χ2v) is 9.15. The Hall–Kier alpha value is -2.76. The summed E-state index contributed by atoms with van der Waals surface area (Å²) in [7, 11) is 0. The number of ether oxygens (including phenoxy) is 1. The van der Waals surface area contributed by atoms with Crippen molar-refractivity contribution in [3.8, 4) is 0 Å². The molecule has 0 aliphatic heterocycles. The lowest BCUT2D eigenvalue weighted by molar-refractivity contribution is -0.144. The molecule has 4 aliphatic rings. The standard InChI is InChI=1S/C23H25N3O3/c1-15-5-4-7-18(25-15)20(27)26-22-10-16-9-17(11-22)13-23(12-16,14-22)29-21(28)19-6-2-3-8-24-19/h2-8,16-17H,9-14H2,1H3,(H,26,27). The zero-order chi connectivity index (χ0) is 20.1. The molecule has 4 fully saturated rings. The maximum Gasteiger partial charge on any atom is 0.357 e. The first-order chi connectivity index (χ1) is 13.9. The van der Waals surface area contributed by atoms with Gasteiger partial charge in [-0.25, -0.2) is 14.8 Å². The van der Waals surface area contributed by atoms with Crippen molar-refractivity contribution >= 4 is 11.9 Å². The fraction of sp³-hybridized carbons (Fsp3) is 0.478. The van der Waals surface area contributed by atoms with E-state index in [1.54, 1.807) is 30.5 Å². The highest BCUT2D eigenvalue weighted by Gasteiger charge is 2.60. The van der Waals surface area contributed by atoms with Crippen LogP contribution in [0.25, 0.3) is 0 Å². The minimum absolute atomic E-state index is 0.137. The van der Waals surface area contributed by atoms with Crippen LogP contribution in [0.5, 0.6) is 0 Å². The van der Waals surface area contributed by atoms with Gasteiger partial charge >= 0.3 is 5.97 Å². The van der Waals surface area contributed by atoms with Gasteiger partial charge in [0.25, 0.3) is 5.91 Å². The zero-order valence-electron chi connectivity index (χ0n) is 16.6. The first-order valence-electron chi connectivity index (χ1n) is 10.3. The third kappa shape index (κ3) is 3.41. The third-order valence-electron chi connectivity index (χ3n) is 6.69. The number of hydrogen-bond donors (Lipinski definition) is 1. The molecular formula is C23H25N3O3. The van der Waals surface area contributed by atoms with Gasteiger partial charge in [-0.2, -0.15) is 0 Å². The van der Waals surface area contributed by atoms with Gasteiger partial charge in [0, 0.05) is 23.9 Å². The van der Waals surface area contributed by atoms with Crippen molar-refractivity contribution in [3.05, 3.63) is 59.7 Å². The normalized spacial score (nSPS) is 32.0.